The van der Waals surface area contributed by atoms with Crippen molar-refractivity contribution in [2.45, 2.75) is 55.2 Å². The van der Waals surface area contributed by atoms with Crippen molar-refractivity contribution in [2.24, 2.45) is 0 Å². The first kappa shape index (κ1) is 14.4. The smallest absolute Gasteiger partial charge is 0.282 e. The van der Waals surface area contributed by atoms with Crippen molar-refractivity contribution in [1.29, 1.82) is 0 Å². The number of amides is 1. The number of sulfone groups is 1. The lowest BCUT2D eigenvalue weighted by Crippen LogP contribution is -2.29. The summed E-state index contributed by atoms with van der Waals surface area (Å²) in [7, 11) is -3.41. The van der Waals surface area contributed by atoms with Gasteiger partial charge in [-0.2, -0.15) is 0 Å². The van der Waals surface area contributed by atoms with E-state index in [1.165, 1.54) is 0 Å². The number of carbonyl (C=O) groups excluding carboxylic acids is 1. The quantitative estimate of drug-likeness (QED) is 0.908. The lowest BCUT2D eigenvalue weighted by molar-refractivity contribution is 0.0942. The lowest BCUT2D eigenvalue weighted by Gasteiger charge is -2.06. The van der Waals surface area contributed by atoms with E-state index >= 15 is 0 Å². The first-order chi connectivity index (χ1) is 8.91. The molecule has 19 heavy (non-hydrogen) atoms. The summed E-state index contributed by atoms with van der Waals surface area (Å²) in [6.45, 7) is 3.66. The number of nitrogens with one attached hydrogen (secondary N) is 1. The fraction of sp³-hybridized carbons (Fsp3) is 0.727. The van der Waals surface area contributed by atoms with Crippen LogP contribution in [0, 0.1) is 0 Å². The number of hydrogen-bond donors (Lipinski definition) is 1. The summed E-state index contributed by atoms with van der Waals surface area (Å²) in [6, 6.07) is -0.0220. The molecule has 1 aromatic rings. The molecule has 0 radical (unpaired) electrons. The second-order valence-corrected chi connectivity index (χ2v) is 8.33. The molecule has 1 aliphatic carbocycles. The van der Waals surface area contributed by atoms with E-state index in [9.17, 15) is 13.2 Å². The van der Waals surface area contributed by atoms with E-state index in [1.54, 1.807) is 0 Å². The minimum Gasteiger partial charge on any atom is -0.348 e. The zero-order valence-corrected chi connectivity index (χ0v) is 12.6. The Hall–Kier alpha value is -1.02. The predicted octanol–water partition coefficient (Wildman–Crippen LogP) is 1.39. The molecule has 6 nitrogen and oxygen atoms in total. The maximum absolute atomic E-state index is 12.3. The van der Waals surface area contributed by atoms with Crippen LogP contribution in [-0.2, 0) is 9.84 Å². The first-order valence-corrected chi connectivity index (χ1v) is 8.66. The largest absolute Gasteiger partial charge is 0.348 e. The third-order valence-corrected chi connectivity index (χ3v) is 6.59. The van der Waals surface area contributed by atoms with Crippen molar-refractivity contribution in [1.82, 2.24) is 15.5 Å². The van der Waals surface area contributed by atoms with Crippen LogP contribution in [0.15, 0.2) is 4.34 Å². The van der Waals surface area contributed by atoms with Gasteiger partial charge in [0.1, 0.15) is 0 Å². The standard InChI is InChI=1S/C11H17N3O3S2/c1-7(2)12-9(15)10-13-14-11(18-10)19(16,17)8-5-3-4-6-8/h7-8H,3-6H2,1-2H3,(H,12,15). The molecule has 0 bridgehead atoms. The molecule has 1 aromatic heterocycles. The van der Waals surface area contributed by atoms with Crippen LogP contribution in [0.2, 0.25) is 0 Å². The Bertz CT molecular complexity index is 559. The van der Waals surface area contributed by atoms with Gasteiger partial charge in [-0.3, -0.25) is 4.79 Å². The molecule has 0 atom stereocenters. The van der Waals surface area contributed by atoms with Crippen molar-refractivity contribution < 1.29 is 13.2 Å². The Morgan fingerprint density at radius 3 is 2.53 bits per heavy atom. The maximum Gasteiger partial charge on any atom is 0.282 e. The number of nitrogens with zero attached hydrogens (tertiary/aromatic N) is 2. The van der Waals surface area contributed by atoms with Crippen molar-refractivity contribution in [3.63, 3.8) is 0 Å². The third-order valence-electron chi connectivity index (χ3n) is 3.00. The first-order valence-electron chi connectivity index (χ1n) is 6.29. The van der Waals surface area contributed by atoms with E-state index in [-0.39, 0.29) is 26.5 Å². The van der Waals surface area contributed by atoms with E-state index in [0.717, 1.165) is 24.2 Å². The van der Waals surface area contributed by atoms with Gasteiger partial charge in [0.2, 0.25) is 19.2 Å². The van der Waals surface area contributed by atoms with Crippen LogP contribution in [-0.4, -0.2) is 35.8 Å². The zero-order chi connectivity index (χ0) is 14.0. The summed E-state index contributed by atoms with van der Waals surface area (Å²) >= 11 is 0.855. The van der Waals surface area contributed by atoms with E-state index in [1.807, 2.05) is 13.8 Å². The Morgan fingerprint density at radius 2 is 1.95 bits per heavy atom. The topological polar surface area (TPSA) is 89.0 Å². The van der Waals surface area contributed by atoms with Gasteiger partial charge in [-0.15, -0.1) is 10.2 Å². The molecule has 8 heteroatoms. The van der Waals surface area contributed by atoms with Gasteiger partial charge in [-0.1, -0.05) is 24.2 Å². The molecule has 0 aliphatic heterocycles. The Morgan fingerprint density at radius 1 is 1.32 bits per heavy atom. The highest BCUT2D eigenvalue weighted by molar-refractivity contribution is 7.93. The molecule has 1 N–H and O–H groups in total. The minimum atomic E-state index is -3.41. The summed E-state index contributed by atoms with van der Waals surface area (Å²) in [5.41, 5.74) is 0. The fourth-order valence-corrected chi connectivity index (χ4v) is 5.07. The summed E-state index contributed by atoms with van der Waals surface area (Å²) in [6.07, 6.45) is 3.22. The second-order valence-electron chi connectivity index (χ2n) is 4.95. The SMILES string of the molecule is CC(C)NC(=O)c1nnc(S(=O)(=O)C2CCCC2)s1. The minimum absolute atomic E-state index is 0.0220. The van der Waals surface area contributed by atoms with E-state index in [0.29, 0.717) is 12.8 Å². The van der Waals surface area contributed by atoms with Gasteiger partial charge in [0.25, 0.3) is 5.91 Å². The van der Waals surface area contributed by atoms with Crippen molar-refractivity contribution in [3.8, 4) is 0 Å². The Kier molecular flexibility index (Phi) is 4.19. The second kappa shape index (κ2) is 5.54. The van der Waals surface area contributed by atoms with Crippen LogP contribution in [0.4, 0.5) is 0 Å². The van der Waals surface area contributed by atoms with E-state index in [2.05, 4.69) is 15.5 Å². The molecule has 2 rings (SSSR count). The van der Waals surface area contributed by atoms with Crippen LogP contribution < -0.4 is 5.32 Å². The highest BCUT2D eigenvalue weighted by atomic mass is 32.2. The summed E-state index contributed by atoms with van der Waals surface area (Å²) in [4.78, 5) is 11.7. The van der Waals surface area contributed by atoms with Gasteiger partial charge in [0.15, 0.2) is 0 Å². The Balaban J connectivity index is 2.18. The van der Waals surface area contributed by atoms with Gasteiger partial charge in [-0.05, 0) is 26.7 Å². The van der Waals surface area contributed by atoms with E-state index in [4.69, 9.17) is 0 Å². The van der Waals surface area contributed by atoms with Crippen LogP contribution in [0.5, 0.6) is 0 Å². The van der Waals surface area contributed by atoms with Gasteiger partial charge >= 0.3 is 0 Å². The van der Waals surface area contributed by atoms with Gasteiger partial charge in [-0.25, -0.2) is 8.42 Å². The molecule has 1 amide bonds. The number of rotatable bonds is 4. The molecule has 1 saturated carbocycles. The predicted molar refractivity (Wildman–Crippen MR) is 72.0 cm³/mol. The van der Waals surface area contributed by atoms with Crippen LogP contribution in [0.1, 0.15) is 49.3 Å². The number of carbonyl (C=O) groups is 1. The molecular formula is C11H17N3O3S2. The summed E-state index contributed by atoms with van der Waals surface area (Å²) in [5, 5.41) is 9.77. The third kappa shape index (κ3) is 3.11. The molecule has 1 fully saturated rings. The Labute approximate surface area is 116 Å². The fourth-order valence-electron chi connectivity index (χ4n) is 2.08. The van der Waals surface area contributed by atoms with Gasteiger partial charge in [0, 0.05) is 6.04 Å². The van der Waals surface area contributed by atoms with E-state index < -0.39 is 9.84 Å². The van der Waals surface area contributed by atoms with Crippen LogP contribution in [0.3, 0.4) is 0 Å². The molecule has 0 aromatic carbocycles. The molecule has 0 spiro atoms. The normalized spacial score (nSPS) is 17.0. The zero-order valence-electron chi connectivity index (χ0n) is 10.9. The van der Waals surface area contributed by atoms with Crippen molar-refractivity contribution in [2.75, 3.05) is 0 Å². The highest BCUT2D eigenvalue weighted by Crippen LogP contribution is 2.30. The monoisotopic (exact) mass is 303 g/mol. The highest BCUT2D eigenvalue weighted by Gasteiger charge is 2.33. The summed E-state index contributed by atoms with van der Waals surface area (Å²) in [5.74, 6) is -0.375. The average Bonchev–Trinajstić information content (AvgIpc) is 3.00. The number of aromatic nitrogens is 2. The van der Waals surface area contributed by atoms with Gasteiger partial charge in [0.05, 0.1) is 5.25 Å². The molecular weight excluding hydrogens is 286 g/mol. The molecule has 1 aliphatic rings. The van der Waals surface area contributed by atoms with Crippen LogP contribution in [0.25, 0.3) is 0 Å². The van der Waals surface area contributed by atoms with Crippen molar-refractivity contribution in [3.05, 3.63) is 5.01 Å². The van der Waals surface area contributed by atoms with Crippen molar-refractivity contribution >= 4 is 27.1 Å². The molecule has 0 unspecified atom stereocenters. The summed E-state index contributed by atoms with van der Waals surface area (Å²) < 4.78 is 24.5. The number of hydrogen-bond acceptors (Lipinski definition) is 6. The lowest BCUT2D eigenvalue weighted by atomic mass is 10.4. The maximum atomic E-state index is 12.3. The van der Waals surface area contributed by atoms with Gasteiger partial charge < -0.3 is 5.32 Å². The average molecular weight is 303 g/mol. The molecule has 0 saturated heterocycles. The molecule has 106 valence electrons. The van der Waals surface area contributed by atoms with Crippen LogP contribution >= 0.6 is 11.3 Å². The molecule has 1 heterocycles.